The summed E-state index contributed by atoms with van der Waals surface area (Å²) in [5.74, 6) is 1.80. The van der Waals surface area contributed by atoms with Gasteiger partial charge in [0.15, 0.2) is 5.96 Å². The van der Waals surface area contributed by atoms with Crippen LogP contribution >= 0.6 is 0 Å². The minimum Gasteiger partial charge on any atom is -0.469 e. The van der Waals surface area contributed by atoms with Gasteiger partial charge in [-0.05, 0) is 26.0 Å². The highest BCUT2D eigenvalue weighted by Gasteiger charge is 1.98. The predicted molar refractivity (Wildman–Crippen MR) is 72.9 cm³/mol. The average Bonchev–Trinajstić information content (AvgIpc) is 2.87. The van der Waals surface area contributed by atoms with E-state index in [4.69, 9.17) is 9.15 Å². The molecule has 0 amide bonds. The molecule has 102 valence electrons. The van der Waals surface area contributed by atoms with Gasteiger partial charge in [-0.1, -0.05) is 0 Å². The molecule has 1 aromatic heterocycles. The Kier molecular flexibility index (Phi) is 7.72. The van der Waals surface area contributed by atoms with E-state index in [-0.39, 0.29) is 0 Å². The van der Waals surface area contributed by atoms with E-state index in [2.05, 4.69) is 15.6 Å². The molecule has 5 heteroatoms. The number of nitrogens with zero attached hydrogens (tertiary/aromatic N) is 1. The molecule has 5 nitrogen and oxygen atoms in total. The molecule has 18 heavy (non-hydrogen) atoms. The average molecular weight is 253 g/mol. The molecule has 0 spiro atoms. The molecule has 0 saturated heterocycles. The quantitative estimate of drug-likeness (QED) is 0.418. The maximum absolute atomic E-state index is 5.27. The van der Waals surface area contributed by atoms with Crippen LogP contribution < -0.4 is 10.6 Å². The molecular weight excluding hydrogens is 230 g/mol. The topological polar surface area (TPSA) is 58.8 Å². The molecule has 0 fully saturated rings. The summed E-state index contributed by atoms with van der Waals surface area (Å²) >= 11 is 0. The Morgan fingerprint density at radius 3 is 2.94 bits per heavy atom. The first kappa shape index (κ1) is 14.6. The highest BCUT2D eigenvalue weighted by atomic mass is 16.5. The Bertz CT molecular complexity index is 323. The zero-order chi connectivity index (χ0) is 13.1. The van der Waals surface area contributed by atoms with Crippen LogP contribution in [0.2, 0.25) is 0 Å². The minimum atomic E-state index is 0.658. The third kappa shape index (κ3) is 6.30. The van der Waals surface area contributed by atoms with Crippen LogP contribution in [0.3, 0.4) is 0 Å². The van der Waals surface area contributed by atoms with Crippen LogP contribution in [0, 0.1) is 0 Å². The van der Waals surface area contributed by atoms with Crippen molar-refractivity contribution in [1.29, 1.82) is 0 Å². The van der Waals surface area contributed by atoms with E-state index in [1.165, 1.54) is 0 Å². The molecular formula is C13H23N3O2. The molecule has 0 saturated carbocycles. The Hall–Kier alpha value is -1.49. The fourth-order valence-electron chi connectivity index (χ4n) is 1.47. The fraction of sp³-hybridized carbons (Fsp3) is 0.615. The number of ether oxygens (including phenoxy) is 1. The second-order valence-corrected chi connectivity index (χ2v) is 3.71. The van der Waals surface area contributed by atoms with Crippen molar-refractivity contribution in [3.05, 3.63) is 24.2 Å². The molecule has 0 radical (unpaired) electrons. The van der Waals surface area contributed by atoms with Crippen molar-refractivity contribution >= 4 is 5.96 Å². The normalized spacial score (nSPS) is 11.6. The van der Waals surface area contributed by atoms with E-state index in [1.54, 1.807) is 6.26 Å². The molecule has 2 N–H and O–H groups in total. The van der Waals surface area contributed by atoms with Crippen molar-refractivity contribution in [2.24, 2.45) is 4.99 Å². The third-order valence-corrected chi connectivity index (χ3v) is 2.30. The fourth-order valence-corrected chi connectivity index (χ4v) is 1.47. The lowest BCUT2D eigenvalue weighted by molar-refractivity contribution is 0.155. The van der Waals surface area contributed by atoms with E-state index < -0.39 is 0 Å². The van der Waals surface area contributed by atoms with E-state index >= 15 is 0 Å². The first-order valence-electron chi connectivity index (χ1n) is 6.49. The molecule has 0 aliphatic rings. The van der Waals surface area contributed by atoms with Crippen molar-refractivity contribution in [3.8, 4) is 0 Å². The Labute approximate surface area is 109 Å². The first-order valence-corrected chi connectivity index (χ1v) is 6.49. The van der Waals surface area contributed by atoms with Gasteiger partial charge in [-0.15, -0.1) is 0 Å². The summed E-state index contributed by atoms with van der Waals surface area (Å²) in [6.07, 6.45) is 2.54. The van der Waals surface area contributed by atoms with Crippen LogP contribution in [0.1, 0.15) is 19.6 Å². The lowest BCUT2D eigenvalue weighted by atomic mass is 10.3. The Morgan fingerprint density at radius 1 is 1.39 bits per heavy atom. The molecule has 0 aliphatic carbocycles. The lowest BCUT2D eigenvalue weighted by Crippen LogP contribution is -2.38. The standard InChI is InChI=1S/C13H23N3O2/c1-3-14-13(16-9-11-17-4-2)15-8-7-12-6-5-10-18-12/h5-6,10H,3-4,7-9,11H2,1-2H3,(H2,14,15,16). The zero-order valence-electron chi connectivity index (χ0n) is 11.2. The predicted octanol–water partition coefficient (Wildman–Crippen LogP) is 1.41. The zero-order valence-corrected chi connectivity index (χ0v) is 11.2. The Morgan fingerprint density at radius 2 is 2.28 bits per heavy atom. The second-order valence-electron chi connectivity index (χ2n) is 3.71. The van der Waals surface area contributed by atoms with Gasteiger partial charge in [0.1, 0.15) is 5.76 Å². The number of aliphatic imine (C=N–C) groups is 1. The van der Waals surface area contributed by atoms with Gasteiger partial charge < -0.3 is 19.8 Å². The monoisotopic (exact) mass is 253 g/mol. The van der Waals surface area contributed by atoms with Gasteiger partial charge in [-0.3, -0.25) is 4.99 Å². The van der Waals surface area contributed by atoms with Crippen LogP contribution in [-0.2, 0) is 11.2 Å². The largest absolute Gasteiger partial charge is 0.469 e. The number of rotatable bonds is 8. The number of guanidine groups is 1. The van der Waals surface area contributed by atoms with Gasteiger partial charge in [0.25, 0.3) is 0 Å². The van der Waals surface area contributed by atoms with Gasteiger partial charge in [-0.25, -0.2) is 0 Å². The van der Waals surface area contributed by atoms with Crippen molar-refractivity contribution in [2.45, 2.75) is 20.3 Å². The van der Waals surface area contributed by atoms with Crippen LogP contribution in [-0.4, -0.2) is 38.8 Å². The summed E-state index contributed by atoms with van der Waals surface area (Å²) in [5.41, 5.74) is 0. The van der Waals surface area contributed by atoms with E-state index in [9.17, 15) is 0 Å². The van der Waals surface area contributed by atoms with Gasteiger partial charge >= 0.3 is 0 Å². The van der Waals surface area contributed by atoms with E-state index in [0.717, 1.165) is 37.8 Å². The summed E-state index contributed by atoms with van der Waals surface area (Å²) in [6, 6.07) is 3.87. The van der Waals surface area contributed by atoms with Gasteiger partial charge in [-0.2, -0.15) is 0 Å². The smallest absolute Gasteiger partial charge is 0.191 e. The molecule has 0 aromatic carbocycles. The van der Waals surface area contributed by atoms with Crippen LogP contribution in [0.4, 0.5) is 0 Å². The minimum absolute atomic E-state index is 0.658. The van der Waals surface area contributed by atoms with Crippen molar-refractivity contribution in [2.75, 3.05) is 32.8 Å². The molecule has 0 atom stereocenters. The van der Waals surface area contributed by atoms with Crippen LogP contribution in [0.25, 0.3) is 0 Å². The highest BCUT2D eigenvalue weighted by molar-refractivity contribution is 5.79. The van der Waals surface area contributed by atoms with E-state index in [1.807, 2.05) is 26.0 Å². The molecule has 0 unspecified atom stereocenters. The molecule has 0 bridgehead atoms. The summed E-state index contributed by atoms with van der Waals surface area (Å²) in [4.78, 5) is 4.41. The number of hydrogen-bond acceptors (Lipinski definition) is 3. The SMILES string of the molecule is CCNC(=NCCOCC)NCCc1ccco1. The van der Waals surface area contributed by atoms with Gasteiger partial charge in [0, 0.05) is 26.1 Å². The van der Waals surface area contributed by atoms with E-state index in [0.29, 0.717) is 13.2 Å². The Balaban J connectivity index is 2.23. The number of hydrogen-bond donors (Lipinski definition) is 2. The highest BCUT2D eigenvalue weighted by Crippen LogP contribution is 1.99. The van der Waals surface area contributed by atoms with Crippen LogP contribution in [0.5, 0.6) is 0 Å². The summed E-state index contributed by atoms with van der Waals surface area (Å²) in [7, 11) is 0. The maximum Gasteiger partial charge on any atom is 0.191 e. The lowest BCUT2D eigenvalue weighted by Gasteiger charge is -2.10. The number of furan rings is 1. The number of nitrogens with one attached hydrogen (secondary N) is 2. The summed E-state index contributed by atoms with van der Waals surface area (Å²) < 4.78 is 10.5. The van der Waals surface area contributed by atoms with Gasteiger partial charge in [0.05, 0.1) is 19.4 Å². The van der Waals surface area contributed by atoms with Crippen molar-refractivity contribution in [3.63, 3.8) is 0 Å². The molecule has 1 heterocycles. The van der Waals surface area contributed by atoms with Crippen molar-refractivity contribution < 1.29 is 9.15 Å². The first-order chi connectivity index (χ1) is 8.86. The third-order valence-electron chi connectivity index (χ3n) is 2.30. The second kappa shape index (κ2) is 9.53. The maximum atomic E-state index is 5.27. The van der Waals surface area contributed by atoms with Gasteiger partial charge in [0.2, 0.25) is 0 Å². The summed E-state index contributed by atoms with van der Waals surface area (Å²) in [6.45, 7) is 7.74. The van der Waals surface area contributed by atoms with Crippen molar-refractivity contribution in [1.82, 2.24) is 10.6 Å². The van der Waals surface area contributed by atoms with Crippen LogP contribution in [0.15, 0.2) is 27.8 Å². The summed E-state index contributed by atoms with van der Waals surface area (Å²) in [5, 5.41) is 6.45. The molecule has 1 aromatic rings. The molecule has 1 rings (SSSR count). The molecule has 0 aliphatic heterocycles.